The molecule has 0 saturated carbocycles. The Morgan fingerprint density at radius 2 is 2.22 bits per heavy atom. The summed E-state index contributed by atoms with van der Waals surface area (Å²) in [7, 11) is -0.286. The molecule has 1 heterocycles. The highest BCUT2D eigenvalue weighted by Crippen LogP contribution is 2.22. The van der Waals surface area contributed by atoms with Crippen LogP contribution in [0.1, 0.15) is 6.42 Å². The van der Waals surface area contributed by atoms with Crippen LogP contribution in [0.4, 0.5) is 0 Å². The minimum Gasteiger partial charge on any atom is -0.497 e. The number of nitrogens with one attached hydrogen (secondary N) is 1. The second-order valence-electron chi connectivity index (χ2n) is 4.35. The standard InChI is InChI=1S/C12H18N2O3S/c1-14(10-6-7-13-9-10)18(15,16)12-5-3-4-11(8-12)17-2/h3-5,8,10,13H,6-7,9H2,1-2H3. The molecule has 5 nitrogen and oxygen atoms in total. The average Bonchev–Trinajstić information content (AvgIpc) is 2.91. The summed E-state index contributed by atoms with van der Waals surface area (Å²) in [4.78, 5) is 0.274. The van der Waals surface area contributed by atoms with Crippen LogP contribution in [0, 0.1) is 0 Å². The summed E-state index contributed by atoms with van der Waals surface area (Å²) in [6.45, 7) is 1.57. The van der Waals surface area contributed by atoms with Crippen molar-refractivity contribution >= 4 is 10.0 Å². The number of benzene rings is 1. The van der Waals surface area contributed by atoms with Crippen LogP contribution >= 0.6 is 0 Å². The van der Waals surface area contributed by atoms with Gasteiger partial charge in [0.05, 0.1) is 12.0 Å². The molecule has 1 aliphatic heterocycles. The van der Waals surface area contributed by atoms with Gasteiger partial charge in [-0.2, -0.15) is 4.31 Å². The van der Waals surface area contributed by atoms with Crippen molar-refractivity contribution in [3.8, 4) is 5.75 Å². The molecule has 1 aromatic carbocycles. The molecule has 18 heavy (non-hydrogen) atoms. The van der Waals surface area contributed by atoms with Gasteiger partial charge in [-0.3, -0.25) is 0 Å². The first-order valence-corrected chi connectivity index (χ1v) is 7.32. The molecule has 0 bridgehead atoms. The number of nitrogens with zero attached hydrogens (tertiary/aromatic N) is 1. The molecule has 100 valence electrons. The Hall–Kier alpha value is -1.11. The molecule has 1 aliphatic rings. The highest BCUT2D eigenvalue weighted by Gasteiger charge is 2.29. The van der Waals surface area contributed by atoms with Crippen LogP contribution in [0.5, 0.6) is 5.75 Å². The van der Waals surface area contributed by atoms with E-state index < -0.39 is 10.0 Å². The third-order valence-electron chi connectivity index (χ3n) is 3.27. The topological polar surface area (TPSA) is 58.6 Å². The molecule has 1 saturated heterocycles. The third kappa shape index (κ3) is 2.50. The van der Waals surface area contributed by atoms with E-state index in [1.165, 1.54) is 11.4 Å². The maximum Gasteiger partial charge on any atom is 0.243 e. The smallest absolute Gasteiger partial charge is 0.243 e. The number of ether oxygens (including phenoxy) is 1. The minimum absolute atomic E-state index is 0.0289. The van der Waals surface area contributed by atoms with Gasteiger partial charge in [0.15, 0.2) is 0 Å². The minimum atomic E-state index is -3.44. The van der Waals surface area contributed by atoms with E-state index in [1.54, 1.807) is 31.3 Å². The van der Waals surface area contributed by atoms with E-state index >= 15 is 0 Å². The Morgan fingerprint density at radius 1 is 1.44 bits per heavy atom. The van der Waals surface area contributed by atoms with E-state index in [1.807, 2.05) is 0 Å². The number of hydrogen-bond acceptors (Lipinski definition) is 4. The van der Waals surface area contributed by atoms with E-state index in [4.69, 9.17) is 4.74 Å². The summed E-state index contributed by atoms with van der Waals surface area (Å²) in [5, 5.41) is 3.17. The lowest BCUT2D eigenvalue weighted by atomic mass is 10.3. The van der Waals surface area contributed by atoms with Crippen molar-refractivity contribution in [2.24, 2.45) is 0 Å². The van der Waals surface area contributed by atoms with Crippen LogP contribution in [-0.2, 0) is 10.0 Å². The van der Waals surface area contributed by atoms with Gasteiger partial charge in [-0.05, 0) is 25.1 Å². The largest absolute Gasteiger partial charge is 0.497 e. The SMILES string of the molecule is COc1cccc(S(=O)(=O)N(C)C2CCNC2)c1. The molecule has 6 heteroatoms. The fraction of sp³-hybridized carbons (Fsp3) is 0.500. The maximum atomic E-state index is 12.4. The van der Waals surface area contributed by atoms with Crippen molar-refractivity contribution in [2.75, 3.05) is 27.2 Å². The van der Waals surface area contributed by atoms with Crippen molar-refractivity contribution < 1.29 is 13.2 Å². The molecule has 0 radical (unpaired) electrons. The summed E-state index contributed by atoms with van der Waals surface area (Å²) in [6, 6.07) is 6.59. The molecule has 0 amide bonds. The van der Waals surface area contributed by atoms with Gasteiger partial charge < -0.3 is 10.1 Å². The Morgan fingerprint density at radius 3 is 2.83 bits per heavy atom. The molecule has 1 fully saturated rings. The van der Waals surface area contributed by atoms with Gasteiger partial charge >= 0.3 is 0 Å². The van der Waals surface area contributed by atoms with E-state index in [0.29, 0.717) is 12.3 Å². The molecule has 0 aliphatic carbocycles. The van der Waals surface area contributed by atoms with Crippen molar-refractivity contribution in [2.45, 2.75) is 17.4 Å². The zero-order valence-electron chi connectivity index (χ0n) is 10.6. The van der Waals surface area contributed by atoms with Crippen LogP contribution in [0.25, 0.3) is 0 Å². The fourth-order valence-corrected chi connectivity index (χ4v) is 3.49. The lowest BCUT2D eigenvalue weighted by Crippen LogP contribution is -2.38. The molecule has 0 spiro atoms. The monoisotopic (exact) mass is 270 g/mol. The maximum absolute atomic E-state index is 12.4. The lowest BCUT2D eigenvalue weighted by molar-refractivity contribution is 0.386. The zero-order valence-corrected chi connectivity index (χ0v) is 11.4. The predicted molar refractivity (Wildman–Crippen MR) is 69.2 cm³/mol. The number of sulfonamides is 1. The lowest BCUT2D eigenvalue weighted by Gasteiger charge is -2.23. The highest BCUT2D eigenvalue weighted by atomic mass is 32.2. The van der Waals surface area contributed by atoms with E-state index in [9.17, 15) is 8.42 Å². The normalized spacial score (nSPS) is 20.3. The Labute approximate surface area is 108 Å². The van der Waals surface area contributed by atoms with E-state index in [2.05, 4.69) is 5.32 Å². The van der Waals surface area contributed by atoms with Crippen molar-refractivity contribution in [1.82, 2.24) is 9.62 Å². The molecule has 1 atom stereocenters. The van der Waals surface area contributed by atoms with Gasteiger partial charge in [-0.25, -0.2) is 8.42 Å². The fourth-order valence-electron chi connectivity index (χ4n) is 2.07. The van der Waals surface area contributed by atoms with Crippen molar-refractivity contribution in [1.29, 1.82) is 0 Å². The van der Waals surface area contributed by atoms with Gasteiger partial charge in [0.2, 0.25) is 10.0 Å². The van der Waals surface area contributed by atoms with Crippen LogP contribution in [-0.4, -0.2) is 46.0 Å². The predicted octanol–water partition coefficient (Wildman–Crippen LogP) is 0.678. The molecule has 1 N–H and O–H groups in total. The first-order chi connectivity index (χ1) is 8.55. The quantitative estimate of drug-likeness (QED) is 0.874. The first-order valence-electron chi connectivity index (χ1n) is 5.88. The molecule has 1 aromatic rings. The van der Waals surface area contributed by atoms with Crippen molar-refractivity contribution in [3.63, 3.8) is 0 Å². The van der Waals surface area contributed by atoms with Crippen LogP contribution in [0.2, 0.25) is 0 Å². The number of methoxy groups -OCH3 is 1. The molecule has 2 rings (SSSR count). The molecular weight excluding hydrogens is 252 g/mol. The van der Waals surface area contributed by atoms with Gasteiger partial charge in [0.25, 0.3) is 0 Å². The summed E-state index contributed by atoms with van der Waals surface area (Å²) in [5.74, 6) is 0.550. The molecule has 1 unspecified atom stereocenters. The van der Waals surface area contributed by atoms with E-state index in [0.717, 1.165) is 13.0 Å². The highest BCUT2D eigenvalue weighted by molar-refractivity contribution is 7.89. The number of likely N-dealkylation sites (N-methyl/N-ethyl adjacent to an activating group) is 1. The molecular formula is C12H18N2O3S. The summed E-state index contributed by atoms with van der Waals surface area (Å²) in [6.07, 6.45) is 0.847. The summed E-state index contributed by atoms with van der Waals surface area (Å²) in [5.41, 5.74) is 0. The zero-order chi connectivity index (χ0) is 13.2. The van der Waals surface area contributed by atoms with Crippen LogP contribution < -0.4 is 10.1 Å². The van der Waals surface area contributed by atoms with Gasteiger partial charge in [0, 0.05) is 25.7 Å². The number of rotatable bonds is 4. The van der Waals surface area contributed by atoms with Gasteiger partial charge in [0.1, 0.15) is 5.75 Å². The summed E-state index contributed by atoms with van der Waals surface area (Å²) < 4.78 is 31.4. The molecule has 0 aromatic heterocycles. The average molecular weight is 270 g/mol. The Bertz CT molecular complexity index is 510. The van der Waals surface area contributed by atoms with E-state index in [-0.39, 0.29) is 10.9 Å². The summed E-state index contributed by atoms with van der Waals surface area (Å²) >= 11 is 0. The van der Waals surface area contributed by atoms with Crippen LogP contribution in [0.15, 0.2) is 29.2 Å². The third-order valence-corrected chi connectivity index (χ3v) is 5.17. The Kier molecular flexibility index (Phi) is 3.89. The first kappa shape index (κ1) is 13.3. The number of hydrogen-bond donors (Lipinski definition) is 1. The second kappa shape index (κ2) is 5.26. The second-order valence-corrected chi connectivity index (χ2v) is 6.34. The van der Waals surface area contributed by atoms with Gasteiger partial charge in [-0.15, -0.1) is 0 Å². The van der Waals surface area contributed by atoms with Crippen molar-refractivity contribution in [3.05, 3.63) is 24.3 Å². The van der Waals surface area contributed by atoms with Gasteiger partial charge in [-0.1, -0.05) is 6.07 Å². The Balaban J connectivity index is 2.28. The van der Waals surface area contributed by atoms with Crippen LogP contribution in [0.3, 0.4) is 0 Å².